The van der Waals surface area contributed by atoms with Gasteiger partial charge in [-0.25, -0.2) is 9.59 Å². The lowest BCUT2D eigenvalue weighted by molar-refractivity contribution is -0.149. The zero-order chi connectivity index (χ0) is 85.4. The molecule has 0 saturated carbocycles. The Morgan fingerprint density at radius 3 is 0.884 bits per heavy atom. The van der Waals surface area contributed by atoms with Gasteiger partial charge in [0.05, 0.1) is 0 Å². The topological polar surface area (TPSA) is 169 Å². The molecule has 3 radical (unpaired) electrons. The summed E-state index contributed by atoms with van der Waals surface area (Å²) >= 11 is 0. The van der Waals surface area contributed by atoms with Gasteiger partial charge >= 0.3 is 18.5 Å². The molecule has 0 atom stereocenters. The number of halogens is 2. The summed E-state index contributed by atoms with van der Waals surface area (Å²) in [7, 11) is 1.00. The first-order valence-corrected chi connectivity index (χ1v) is 47.6. The number of aliphatic carboxylic acids is 1. The SMILES string of the molecule is C1CCOC1.C1CCOC1.CC(=O)N1CCC(CCC2CN(Cc3ccccc3)C2)CC1.CC(C)(C)OC(=O)N1CCC(CCC2CN(Cc3ccccc3)C2)CC1.CCN1CCC(CCC2CN(Cc3ccccc3)C2)CC1.CCN1CCC(CCC2CNC2)CC1.CO.O=C(O)C(F)F.[B].c1ccc(CN2CC(CCC3CCNCC3)C2)cc1. The van der Waals surface area contributed by atoms with E-state index in [9.17, 15) is 18.4 Å². The maximum Gasteiger partial charge on any atom is 0.410 e. The molecule has 21 heteroatoms. The standard InChI is InChI=1S/C22H34N2O2.C19H28N2O.C19H30N2.C17H26N2.C12H24N2.2C4H8O.C2H2F2O2.CH4O.B/c1-22(2,3)26-21(25)24-13-11-18(12-14-24)9-10-20-16-23(17-20)15-19-7-5-4-6-8-19;1-16(22)21-11-9-17(10-12-21)7-8-19-14-20(15-19)13-18-5-3-2-4-6-18;1-2-20-12-10-17(11-13-20)8-9-19-15-21(16-19)14-18-6-4-3-5-7-18;1-2-4-16(5-3-1)12-19-13-17(14-19)7-6-15-8-10-18-11-9-15;1-2-14-7-5-11(6-8-14)3-4-12-9-13-10-12;2*1-2-4-5-3-1;3-1(4)2(5)6;1-2;/h4-8,18,20H,9-17H2,1-3H3;2-6,17,19H,7-15H2,1H3;3-7,17,19H,2,8-16H2,1H3;1-5,15,17-18H,6-14H2;11-13H,2-10H2,1H3;2*1-4H2;1H,(H,5,6);2H,1H3;. The summed E-state index contributed by atoms with van der Waals surface area (Å²) in [6.07, 6.45) is 29.2. The molecule has 0 spiro atoms. The molecule has 16 rings (SSSR count). The summed E-state index contributed by atoms with van der Waals surface area (Å²) in [4.78, 5) is 51.8. The Morgan fingerprint density at radius 2 is 0.653 bits per heavy atom. The van der Waals surface area contributed by atoms with Crippen molar-refractivity contribution in [2.45, 2.75) is 234 Å². The van der Waals surface area contributed by atoms with Crippen LogP contribution in [0.15, 0.2) is 121 Å². The quantitative estimate of drug-likeness (QED) is 0.0438. The average molecular weight is 1680 g/mol. The van der Waals surface area contributed by atoms with Crippen molar-refractivity contribution in [3.05, 3.63) is 144 Å². The lowest BCUT2D eigenvalue weighted by atomic mass is 9.86. The van der Waals surface area contributed by atoms with Crippen LogP contribution in [-0.2, 0) is 50.0 Å². The van der Waals surface area contributed by atoms with E-state index in [1.54, 1.807) is 6.92 Å². The van der Waals surface area contributed by atoms with Crippen LogP contribution in [0.4, 0.5) is 13.6 Å². The van der Waals surface area contributed by atoms with Gasteiger partial charge in [0, 0.05) is 154 Å². The molecule has 0 aromatic heterocycles. The fourth-order valence-electron chi connectivity index (χ4n) is 18.9. The summed E-state index contributed by atoms with van der Waals surface area (Å²) in [6, 6.07) is 43.3. The number of nitrogens with one attached hydrogen (secondary N) is 2. The van der Waals surface area contributed by atoms with Gasteiger partial charge in [-0.2, -0.15) is 8.78 Å². The van der Waals surface area contributed by atoms with E-state index in [2.05, 4.69) is 175 Å². The zero-order valence-corrected chi connectivity index (χ0v) is 76.3. The van der Waals surface area contributed by atoms with Crippen LogP contribution >= 0.6 is 0 Å². The third-order valence-corrected chi connectivity index (χ3v) is 26.8. The maximum atomic E-state index is 12.1. The molecule has 4 aromatic rings. The molecule has 12 saturated heterocycles. The van der Waals surface area contributed by atoms with Crippen LogP contribution in [0, 0.1) is 59.2 Å². The van der Waals surface area contributed by atoms with Gasteiger partial charge in [-0.1, -0.05) is 135 Å². The molecule has 679 valence electrons. The highest BCUT2D eigenvalue weighted by Gasteiger charge is 2.34. The van der Waals surface area contributed by atoms with Gasteiger partial charge in [-0.15, -0.1) is 0 Å². The minimum Gasteiger partial charge on any atom is -0.477 e. The number of likely N-dealkylation sites (tertiary alicyclic amines) is 8. The van der Waals surface area contributed by atoms with Crippen molar-refractivity contribution in [3.8, 4) is 0 Å². The monoisotopic (exact) mass is 1680 g/mol. The van der Waals surface area contributed by atoms with E-state index in [1.165, 1.54) is 281 Å². The molecule has 121 heavy (non-hydrogen) atoms. The number of carbonyl (C=O) groups excluding carboxylic acids is 2. The number of hydrogen-bond donors (Lipinski definition) is 4. The molecule has 4 N–H and O–H groups in total. The van der Waals surface area contributed by atoms with Crippen LogP contribution in [-0.4, -0.2) is 265 Å². The van der Waals surface area contributed by atoms with Crippen molar-refractivity contribution in [2.75, 3.05) is 178 Å². The first-order valence-electron chi connectivity index (χ1n) is 47.6. The smallest absolute Gasteiger partial charge is 0.410 e. The first kappa shape index (κ1) is 103. The molecule has 4 aromatic carbocycles. The highest BCUT2D eigenvalue weighted by atomic mass is 19.3. The molecule has 0 aliphatic carbocycles. The molecular weight excluding hydrogens is 1520 g/mol. The Balaban J connectivity index is 0.000000199. The highest BCUT2D eigenvalue weighted by molar-refractivity contribution is 5.75. The van der Waals surface area contributed by atoms with Crippen LogP contribution < -0.4 is 10.6 Å². The Morgan fingerprint density at radius 1 is 0.397 bits per heavy atom. The molecule has 12 fully saturated rings. The Labute approximate surface area is 734 Å². The molecular formula is C100H164BF2N10O8. The van der Waals surface area contributed by atoms with Crippen LogP contribution in [0.2, 0.25) is 0 Å². The number of rotatable bonds is 26. The average Bonchev–Trinajstić information content (AvgIpc) is 1.47. The minimum absolute atomic E-state index is 0. The number of nitrogens with zero attached hydrogens (tertiary/aromatic N) is 8. The molecule has 12 heterocycles. The summed E-state index contributed by atoms with van der Waals surface area (Å²) in [6.45, 7) is 47.4. The van der Waals surface area contributed by atoms with Crippen molar-refractivity contribution >= 4 is 26.4 Å². The number of aliphatic hydroxyl groups excluding tert-OH is 1. The summed E-state index contributed by atoms with van der Waals surface area (Å²) in [5.74, 6) is 7.56. The third kappa shape index (κ3) is 42.6. The number of ether oxygens (including phenoxy) is 3. The van der Waals surface area contributed by atoms with E-state index in [0.29, 0.717) is 0 Å². The molecule has 12 aliphatic heterocycles. The number of aliphatic hydroxyl groups is 1. The predicted octanol–water partition coefficient (Wildman–Crippen LogP) is 17.1. The number of alkyl halides is 2. The van der Waals surface area contributed by atoms with Gasteiger partial charge in [0.25, 0.3) is 0 Å². The number of carbonyl (C=O) groups is 3. The van der Waals surface area contributed by atoms with Crippen LogP contribution in [0.3, 0.4) is 0 Å². The van der Waals surface area contributed by atoms with E-state index >= 15 is 0 Å². The largest absolute Gasteiger partial charge is 0.477 e. The Hall–Kier alpha value is -5.43. The molecule has 12 aliphatic rings. The van der Waals surface area contributed by atoms with Gasteiger partial charge in [0.1, 0.15) is 5.60 Å². The van der Waals surface area contributed by atoms with E-state index in [0.717, 1.165) is 158 Å². The number of hydrogen-bond acceptors (Lipinski definition) is 15. The van der Waals surface area contributed by atoms with Crippen LogP contribution in [0.1, 0.15) is 218 Å². The van der Waals surface area contributed by atoms with Gasteiger partial charge < -0.3 is 54.7 Å². The van der Waals surface area contributed by atoms with Crippen molar-refractivity contribution in [2.24, 2.45) is 59.2 Å². The summed E-state index contributed by atoms with van der Waals surface area (Å²) in [5.41, 5.74) is 5.37. The van der Waals surface area contributed by atoms with Gasteiger partial charge in [0.2, 0.25) is 5.91 Å². The summed E-state index contributed by atoms with van der Waals surface area (Å²) in [5, 5.41) is 21.1. The molecule has 0 unspecified atom stereocenters. The van der Waals surface area contributed by atoms with E-state index in [4.69, 9.17) is 29.2 Å². The number of piperidine rings is 5. The highest BCUT2D eigenvalue weighted by Crippen LogP contribution is 2.34. The number of benzene rings is 4. The second-order valence-corrected chi connectivity index (χ2v) is 37.7. The fourth-order valence-corrected chi connectivity index (χ4v) is 18.9. The maximum absolute atomic E-state index is 12.1. The van der Waals surface area contributed by atoms with Crippen molar-refractivity contribution in [3.63, 3.8) is 0 Å². The summed E-state index contributed by atoms with van der Waals surface area (Å²) < 4.78 is 36.5. The van der Waals surface area contributed by atoms with Gasteiger partial charge in [-0.05, 0) is 322 Å². The second-order valence-electron chi connectivity index (χ2n) is 37.7. The van der Waals surface area contributed by atoms with Crippen molar-refractivity contribution < 1.29 is 47.6 Å². The van der Waals surface area contributed by atoms with Gasteiger partial charge in [0.15, 0.2) is 0 Å². The van der Waals surface area contributed by atoms with E-state index < -0.39 is 18.0 Å². The number of carboxylic acids is 1. The fraction of sp³-hybridized carbons (Fsp3) is 0.730. The minimum atomic E-state index is -3.23. The lowest BCUT2D eigenvalue weighted by Gasteiger charge is -2.40. The molecule has 0 bridgehead atoms. The van der Waals surface area contributed by atoms with E-state index in [-0.39, 0.29) is 20.4 Å². The Kier molecular flexibility index (Phi) is 50.5. The lowest BCUT2D eigenvalue weighted by Crippen LogP contribution is -2.46. The van der Waals surface area contributed by atoms with Crippen LogP contribution in [0.25, 0.3) is 0 Å². The van der Waals surface area contributed by atoms with Gasteiger partial charge in [-0.3, -0.25) is 24.4 Å². The van der Waals surface area contributed by atoms with E-state index in [1.807, 2.05) is 30.6 Å². The second kappa shape index (κ2) is 59.5. The first-order chi connectivity index (χ1) is 58.3. The predicted molar refractivity (Wildman–Crippen MR) is 492 cm³/mol. The number of carboxylic acid groups (broad SMARTS) is 1. The third-order valence-electron chi connectivity index (χ3n) is 26.8. The van der Waals surface area contributed by atoms with Crippen LogP contribution in [0.5, 0.6) is 0 Å². The van der Waals surface area contributed by atoms with Crippen molar-refractivity contribution in [1.82, 2.24) is 49.8 Å². The zero-order valence-electron chi connectivity index (χ0n) is 76.3. The normalized spacial score (nSPS) is 21.0. The Bertz CT molecular complexity index is 3210. The van der Waals surface area contributed by atoms with Crippen molar-refractivity contribution in [1.29, 1.82) is 0 Å². The molecule has 2 amide bonds. The number of amides is 2. The molecule has 18 nitrogen and oxygen atoms in total.